The molecule has 4 nitrogen and oxygen atoms in total. The molecule has 1 N–H and O–H groups in total. The van der Waals surface area contributed by atoms with Crippen LogP contribution >= 0.6 is 11.6 Å². The number of nitrogens with zero attached hydrogens (tertiary/aromatic N) is 1. The zero-order valence-electron chi connectivity index (χ0n) is 13.6. The van der Waals surface area contributed by atoms with E-state index in [2.05, 4.69) is 5.32 Å². The first-order chi connectivity index (χ1) is 11.9. The van der Waals surface area contributed by atoms with E-state index in [-0.39, 0.29) is 36.3 Å². The van der Waals surface area contributed by atoms with Crippen LogP contribution in [0.2, 0.25) is 5.02 Å². The first kappa shape index (κ1) is 18.9. The number of rotatable bonds is 6. The van der Waals surface area contributed by atoms with Gasteiger partial charge in [0.25, 0.3) is 0 Å². The summed E-state index contributed by atoms with van der Waals surface area (Å²) in [6.45, 7) is 1.50. The van der Waals surface area contributed by atoms with Gasteiger partial charge in [0.2, 0.25) is 11.8 Å². The van der Waals surface area contributed by atoms with Crippen molar-refractivity contribution in [3.05, 3.63) is 64.7 Å². The molecule has 0 heterocycles. The van der Waals surface area contributed by atoms with Crippen molar-refractivity contribution in [1.29, 1.82) is 0 Å². The van der Waals surface area contributed by atoms with E-state index >= 15 is 0 Å². The van der Waals surface area contributed by atoms with Crippen LogP contribution in [0.1, 0.15) is 18.9 Å². The van der Waals surface area contributed by atoms with Crippen molar-refractivity contribution in [3.63, 3.8) is 0 Å². The average molecular weight is 367 g/mol. The minimum atomic E-state index is -0.587. The van der Waals surface area contributed by atoms with E-state index in [4.69, 9.17) is 11.6 Å². The molecule has 7 heteroatoms. The summed E-state index contributed by atoms with van der Waals surface area (Å²) in [5, 5.41) is 2.50. The predicted octanol–water partition coefficient (Wildman–Crippen LogP) is 3.68. The van der Waals surface area contributed by atoms with Gasteiger partial charge in [0, 0.05) is 37.7 Å². The molecule has 132 valence electrons. The molecule has 0 aliphatic rings. The number of carbonyl (C=O) groups is 2. The molecule has 0 bridgehead atoms. The van der Waals surface area contributed by atoms with Crippen molar-refractivity contribution >= 4 is 29.1 Å². The predicted molar refractivity (Wildman–Crippen MR) is 92.3 cm³/mol. The molecular formula is C18H17ClF2N2O2. The SMILES string of the molecule is CC(=O)N(CCC(=O)NCc1ccccc1F)c1ccc(F)c(Cl)c1. The lowest BCUT2D eigenvalue weighted by Gasteiger charge is -2.21. The molecule has 0 spiro atoms. The van der Waals surface area contributed by atoms with Crippen LogP contribution in [0, 0.1) is 11.6 Å². The molecule has 0 aliphatic heterocycles. The van der Waals surface area contributed by atoms with E-state index in [1.54, 1.807) is 18.2 Å². The summed E-state index contributed by atoms with van der Waals surface area (Å²) in [6.07, 6.45) is 0.0169. The Morgan fingerprint density at radius 3 is 2.48 bits per heavy atom. The maximum absolute atomic E-state index is 13.5. The van der Waals surface area contributed by atoms with Crippen LogP contribution in [0.15, 0.2) is 42.5 Å². The molecule has 0 radical (unpaired) electrons. The van der Waals surface area contributed by atoms with Gasteiger partial charge in [0.05, 0.1) is 5.02 Å². The largest absolute Gasteiger partial charge is 0.352 e. The summed E-state index contributed by atoms with van der Waals surface area (Å²) in [5.74, 6) is -1.61. The number of nitrogens with one attached hydrogen (secondary N) is 1. The average Bonchev–Trinajstić information content (AvgIpc) is 2.57. The molecule has 25 heavy (non-hydrogen) atoms. The first-order valence-corrected chi connectivity index (χ1v) is 7.99. The van der Waals surface area contributed by atoms with Crippen LogP contribution < -0.4 is 10.2 Å². The highest BCUT2D eigenvalue weighted by atomic mass is 35.5. The van der Waals surface area contributed by atoms with Crippen molar-refractivity contribution in [2.45, 2.75) is 19.9 Å². The van der Waals surface area contributed by atoms with Gasteiger partial charge in [-0.1, -0.05) is 29.8 Å². The molecule has 0 saturated carbocycles. The third-order valence-corrected chi connectivity index (χ3v) is 3.88. The van der Waals surface area contributed by atoms with Crippen molar-refractivity contribution in [3.8, 4) is 0 Å². The zero-order chi connectivity index (χ0) is 18.4. The molecule has 0 saturated heterocycles. The maximum atomic E-state index is 13.5. The lowest BCUT2D eigenvalue weighted by atomic mass is 10.2. The second-order valence-corrected chi connectivity index (χ2v) is 5.79. The van der Waals surface area contributed by atoms with Gasteiger partial charge in [0.1, 0.15) is 11.6 Å². The van der Waals surface area contributed by atoms with Gasteiger partial charge in [-0.15, -0.1) is 0 Å². The van der Waals surface area contributed by atoms with Crippen LogP contribution in [0.25, 0.3) is 0 Å². The minimum Gasteiger partial charge on any atom is -0.352 e. The van der Waals surface area contributed by atoms with Crippen molar-refractivity contribution < 1.29 is 18.4 Å². The number of benzene rings is 2. The highest BCUT2D eigenvalue weighted by Crippen LogP contribution is 2.23. The van der Waals surface area contributed by atoms with Crippen LogP contribution in [0.5, 0.6) is 0 Å². The summed E-state index contributed by atoms with van der Waals surface area (Å²) in [6, 6.07) is 10.1. The monoisotopic (exact) mass is 366 g/mol. The molecule has 0 fully saturated rings. The molecule has 2 amide bonds. The molecule has 0 atom stereocenters. The highest BCUT2D eigenvalue weighted by molar-refractivity contribution is 6.31. The van der Waals surface area contributed by atoms with Gasteiger partial charge in [0.15, 0.2) is 0 Å². The standard InChI is InChI=1S/C18H17ClF2N2O2/c1-12(24)23(14-6-7-17(21)15(19)10-14)9-8-18(25)22-11-13-4-2-3-5-16(13)20/h2-7,10H,8-9,11H2,1H3,(H,22,25). The summed E-state index contributed by atoms with van der Waals surface area (Å²) in [4.78, 5) is 25.1. The Morgan fingerprint density at radius 1 is 1.12 bits per heavy atom. The van der Waals surface area contributed by atoms with Crippen LogP contribution in [0.3, 0.4) is 0 Å². The number of amides is 2. The zero-order valence-corrected chi connectivity index (χ0v) is 14.3. The van der Waals surface area contributed by atoms with E-state index in [1.807, 2.05) is 0 Å². The summed E-state index contributed by atoms with van der Waals surface area (Å²) in [7, 11) is 0. The number of halogens is 3. The van der Waals surface area contributed by atoms with Gasteiger partial charge >= 0.3 is 0 Å². The van der Waals surface area contributed by atoms with Crippen molar-refractivity contribution in [2.24, 2.45) is 0 Å². The Labute approximate surface area is 149 Å². The van der Waals surface area contributed by atoms with Gasteiger partial charge in [-0.25, -0.2) is 8.78 Å². The Balaban J connectivity index is 1.94. The molecule has 2 rings (SSSR count). The fourth-order valence-electron chi connectivity index (χ4n) is 2.26. The fraction of sp³-hybridized carbons (Fsp3) is 0.222. The normalized spacial score (nSPS) is 10.4. The molecule has 0 aromatic heterocycles. The van der Waals surface area contributed by atoms with E-state index < -0.39 is 11.6 Å². The third-order valence-electron chi connectivity index (χ3n) is 3.59. The topological polar surface area (TPSA) is 49.4 Å². The molecule has 0 unspecified atom stereocenters. The Morgan fingerprint density at radius 2 is 1.84 bits per heavy atom. The Kier molecular flexibility index (Phi) is 6.47. The second kappa shape index (κ2) is 8.58. The van der Waals surface area contributed by atoms with Gasteiger partial charge in [-0.3, -0.25) is 9.59 Å². The number of hydrogen-bond donors (Lipinski definition) is 1. The van der Waals surface area contributed by atoms with Gasteiger partial charge in [-0.2, -0.15) is 0 Å². The molecule has 2 aromatic carbocycles. The third kappa shape index (κ3) is 5.26. The van der Waals surface area contributed by atoms with Crippen LogP contribution in [-0.4, -0.2) is 18.4 Å². The van der Waals surface area contributed by atoms with Crippen molar-refractivity contribution in [1.82, 2.24) is 5.32 Å². The molecule has 0 aliphatic carbocycles. The van der Waals surface area contributed by atoms with E-state index in [0.29, 0.717) is 11.3 Å². The van der Waals surface area contributed by atoms with E-state index in [0.717, 1.165) is 6.07 Å². The number of anilines is 1. The second-order valence-electron chi connectivity index (χ2n) is 5.39. The maximum Gasteiger partial charge on any atom is 0.223 e. The molecular weight excluding hydrogens is 350 g/mol. The van der Waals surface area contributed by atoms with Crippen LogP contribution in [-0.2, 0) is 16.1 Å². The lowest BCUT2D eigenvalue weighted by Crippen LogP contribution is -2.33. The fourth-order valence-corrected chi connectivity index (χ4v) is 2.43. The number of carbonyl (C=O) groups excluding carboxylic acids is 2. The van der Waals surface area contributed by atoms with Crippen LogP contribution in [0.4, 0.5) is 14.5 Å². The van der Waals surface area contributed by atoms with Crippen molar-refractivity contribution in [2.75, 3.05) is 11.4 Å². The first-order valence-electron chi connectivity index (χ1n) is 7.61. The summed E-state index contributed by atoms with van der Waals surface area (Å²) < 4.78 is 26.7. The summed E-state index contributed by atoms with van der Waals surface area (Å²) in [5.41, 5.74) is 0.783. The van der Waals surface area contributed by atoms with Gasteiger partial charge < -0.3 is 10.2 Å². The highest BCUT2D eigenvalue weighted by Gasteiger charge is 2.15. The van der Waals surface area contributed by atoms with E-state index in [9.17, 15) is 18.4 Å². The quantitative estimate of drug-likeness (QED) is 0.847. The van der Waals surface area contributed by atoms with E-state index in [1.165, 1.54) is 30.0 Å². The van der Waals surface area contributed by atoms with Gasteiger partial charge in [-0.05, 0) is 24.3 Å². The molecule has 2 aromatic rings. The number of hydrogen-bond acceptors (Lipinski definition) is 2. The Bertz CT molecular complexity index is 783. The Hall–Kier alpha value is -2.47. The summed E-state index contributed by atoms with van der Waals surface area (Å²) >= 11 is 5.73. The lowest BCUT2D eigenvalue weighted by molar-refractivity contribution is -0.121. The smallest absolute Gasteiger partial charge is 0.223 e. The minimum absolute atomic E-state index is 0.0169.